The molecule has 41 heavy (non-hydrogen) atoms. The zero-order valence-corrected chi connectivity index (χ0v) is 23.9. The van der Waals surface area contributed by atoms with Crippen LogP contribution >= 0.6 is 0 Å². The number of hydroxylamine groups is 2. The molecule has 1 amide bonds. The lowest BCUT2D eigenvalue weighted by Crippen LogP contribution is -2.58. The molecule has 2 rings (SSSR count). The molecule has 14 nitrogen and oxygen atoms in total. The monoisotopic (exact) mass is 592 g/mol. The van der Waals surface area contributed by atoms with Gasteiger partial charge >= 0.3 is 5.97 Å². The number of unbranched alkanes of at least 4 members (excludes halogenated alkanes) is 2. The molecule has 5 unspecified atom stereocenters. The molecule has 0 bridgehead atoms. The maximum absolute atomic E-state index is 12.0. The van der Waals surface area contributed by atoms with Crippen LogP contribution in [0.2, 0.25) is 0 Å². The van der Waals surface area contributed by atoms with Crippen LogP contribution in [0.3, 0.4) is 0 Å². The highest BCUT2D eigenvalue weighted by Gasteiger charge is 2.42. The summed E-state index contributed by atoms with van der Waals surface area (Å²) >= 11 is 0. The highest BCUT2D eigenvalue weighted by atomic mass is 16.7. The number of aliphatic hydroxyl groups excluding tert-OH is 5. The predicted octanol–water partition coefficient (Wildman–Crippen LogP) is -1.12. The zero-order chi connectivity index (χ0) is 30.2. The van der Waals surface area contributed by atoms with E-state index in [0.717, 1.165) is 24.3 Å². The largest absolute Gasteiger partial charge is 0.394 e. The number of carbonyl (C=O) groups is 3. The second-order valence-corrected chi connectivity index (χ2v) is 10.5. The Kier molecular flexibility index (Phi) is 16.8. The Bertz CT molecular complexity index is 773. The number of aliphatic hydroxyl groups is 5. The van der Waals surface area contributed by atoms with Crippen LogP contribution in [0.15, 0.2) is 0 Å². The van der Waals surface area contributed by atoms with Gasteiger partial charge in [0, 0.05) is 39.5 Å². The molecular formula is C27H48N2O12. The molecule has 2 fully saturated rings. The van der Waals surface area contributed by atoms with E-state index in [-0.39, 0.29) is 19.3 Å². The van der Waals surface area contributed by atoms with Crippen molar-refractivity contribution in [3.63, 3.8) is 0 Å². The number of aldehydes is 1. The molecule has 0 saturated carbocycles. The van der Waals surface area contributed by atoms with Crippen LogP contribution in [0.1, 0.15) is 64.2 Å². The Balaban J connectivity index is 1.77. The van der Waals surface area contributed by atoms with Gasteiger partial charge in [0.05, 0.1) is 19.3 Å². The van der Waals surface area contributed by atoms with E-state index in [4.69, 9.17) is 19.0 Å². The summed E-state index contributed by atoms with van der Waals surface area (Å²) in [4.78, 5) is 41.3. The molecule has 238 valence electrons. The lowest BCUT2D eigenvalue weighted by molar-refractivity contribution is -0.230. The Morgan fingerprint density at radius 3 is 2.39 bits per heavy atom. The minimum atomic E-state index is -1.40. The lowest BCUT2D eigenvalue weighted by atomic mass is 9.93. The van der Waals surface area contributed by atoms with Gasteiger partial charge in [-0.2, -0.15) is 5.06 Å². The molecule has 0 aromatic heterocycles. The molecule has 2 heterocycles. The minimum Gasteiger partial charge on any atom is -0.394 e. The van der Waals surface area contributed by atoms with Crippen LogP contribution in [0.4, 0.5) is 0 Å². The van der Waals surface area contributed by atoms with Crippen molar-refractivity contribution < 1.29 is 59.0 Å². The van der Waals surface area contributed by atoms with Gasteiger partial charge < -0.3 is 54.3 Å². The standard InChI is InChI=1S/C27H48N2O12/c1-28(22(33)10-6-15-30)41-23(34)11-3-2-4-12-29(14-17-39-27-19(32)8-7-16-38-27)13-5-9-20-24(35)26(37)25(36)21(18-31)40-20/h15,19-21,24-27,31-32,35-37H,2-14,16-18H2,1H3/t19?,20-,21?,24?,25-,26?,27?/m1/s1. The molecule has 0 radical (unpaired) electrons. The first-order chi connectivity index (χ1) is 19.7. The average Bonchev–Trinajstić information content (AvgIpc) is 2.96. The van der Waals surface area contributed by atoms with E-state index in [1.54, 1.807) is 0 Å². The van der Waals surface area contributed by atoms with E-state index < -0.39 is 61.4 Å². The maximum Gasteiger partial charge on any atom is 0.332 e. The van der Waals surface area contributed by atoms with Gasteiger partial charge in [0.15, 0.2) is 6.29 Å². The molecule has 0 spiro atoms. The van der Waals surface area contributed by atoms with Crippen LogP contribution in [-0.4, -0.2) is 143 Å². The number of nitrogens with zero attached hydrogens (tertiary/aromatic N) is 2. The summed E-state index contributed by atoms with van der Waals surface area (Å²) in [5, 5.41) is 50.7. The van der Waals surface area contributed by atoms with Crippen molar-refractivity contribution in [1.29, 1.82) is 0 Å². The van der Waals surface area contributed by atoms with E-state index in [0.29, 0.717) is 64.8 Å². The van der Waals surface area contributed by atoms with Crippen molar-refractivity contribution >= 4 is 18.2 Å². The molecule has 0 aromatic rings. The first-order valence-electron chi connectivity index (χ1n) is 14.5. The van der Waals surface area contributed by atoms with Crippen LogP contribution in [-0.2, 0) is 33.4 Å². The van der Waals surface area contributed by atoms with Gasteiger partial charge in [-0.1, -0.05) is 6.42 Å². The maximum atomic E-state index is 12.0. The van der Waals surface area contributed by atoms with Crippen LogP contribution in [0.25, 0.3) is 0 Å². The van der Waals surface area contributed by atoms with Crippen molar-refractivity contribution in [3.8, 4) is 0 Å². The molecular weight excluding hydrogens is 544 g/mol. The highest BCUT2D eigenvalue weighted by molar-refractivity contribution is 5.79. The second-order valence-electron chi connectivity index (χ2n) is 10.5. The summed E-state index contributed by atoms with van der Waals surface area (Å²) in [6.07, 6.45) is -1.78. The van der Waals surface area contributed by atoms with Gasteiger partial charge in [-0.15, -0.1) is 0 Å². The topological polar surface area (TPSA) is 196 Å². The summed E-state index contributed by atoms with van der Waals surface area (Å²) in [5.41, 5.74) is 0. The smallest absolute Gasteiger partial charge is 0.332 e. The van der Waals surface area contributed by atoms with Crippen LogP contribution in [0.5, 0.6) is 0 Å². The zero-order valence-electron chi connectivity index (χ0n) is 23.9. The minimum absolute atomic E-state index is 0.0188. The number of amides is 1. The van der Waals surface area contributed by atoms with Gasteiger partial charge in [0.1, 0.15) is 36.8 Å². The van der Waals surface area contributed by atoms with E-state index in [1.807, 2.05) is 0 Å². The quantitative estimate of drug-likeness (QED) is 0.0730. The molecule has 2 saturated heterocycles. The first-order valence-corrected chi connectivity index (χ1v) is 14.5. The Hall–Kier alpha value is -1.75. The van der Waals surface area contributed by atoms with Gasteiger partial charge in [-0.3, -0.25) is 4.79 Å². The molecule has 2 aliphatic heterocycles. The number of hydrogen-bond acceptors (Lipinski definition) is 13. The van der Waals surface area contributed by atoms with Crippen LogP contribution in [0, 0.1) is 0 Å². The van der Waals surface area contributed by atoms with E-state index >= 15 is 0 Å². The molecule has 14 heteroatoms. The Morgan fingerprint density at radius 1 is 0.951 bits per heavy atom. The highest BCUT2D eigenvalue weighted by Crippen LogP contribution is 2.24. The fourth-order valence-electron chi connectivity index (χ4n) is 4.84. The van der Waals surface area contributed by atoms with Crippen molar-refractivity contribution in [2.45, 2.75) is 107 Å². The summed E-state index contributed by atoms with van der Waals surface area (Å²) in [6.45, 7) is 2.25. The third-order valence-corrected chi connectivity index (χ3v) is 7.31. The summed E-state index contributed by atoms with van der Waals surface area (Å²) < 4.78 is 16.9. The summed E-state index contributed by atoms with van der Waals surface area (Å²) in [7, 11) is 1.34. The molecule has 7 atom stereocenters. The van der Waals surface area contributed by atoms with Crippen LogP contribution < -0.4 is 0 Å². The third-order valence-electron chi connectivity index (χ3n) is 7.31. The predicted molar refractivity (Wildman–Crippen MR) is 143 cm³/mol. The van der Waals surface area contributed by atoms with Crippen molar-refractivity contribution in [2.24, 2.45) is 0 Å². The van der Waals surface area contributed by atoms with Crippen molar-refractivity contribution in [3.05, 3.63) is 0 Å². The Labute approximate surface area is 241 Å². The Morgan fingerprint density at radius 2 is 1.68 bits per heavy atom. The first kappa shape index (κ1) is 35.4. The molecule has 5 N–H and O–H groups in total. The van der Waals surface area contributed by atoms with Gasteiger partial charge in [-0.25, -0.2) is 4.79 Å². The van der Waals surface area contributed by atoms with E-state index in [2.05, 4.69) is 4.90 Å². The van der Waals surface area contributed by atoms with Crippen molar-refractivity contribution in [1.82, 2.24) is 9.96 Å². The average molecular weight is 593 g/mol. The second kappa shape index (κ2) is 19.4. The fraction of sp³-hybridized carbons (Fsp3) is 0.889. The summed E-state index contributed by atoms with van der Waals surface area (Å²) in [5.74, 6) is -0.971. The molecule has 2 aliphatic rings. The third kappa shape index (κ3) is 12.6. The van der Waals surface area contributed by atoms with Gasteiger partial charge in [-0.05, 0) is 51.6 Å². The van der Waals surface area contributed by atoms with Gasteiger partial charge in [0.2, 0.25) is 0 Å². The SMILES string of the molecule is CN(OC(=O)CCCCCN(CCC[C@H]1OC(CO)[C@@H](O)C(O)C1O)CCOC1OCCCC1O)C(=O)CCC=O. The number of hydrogen-bond donors (Lipinski definition) is 5. The molecule has 0 aromatic carbocycles. The normalized spacial score (nSPS) is 28.4. The number of ether oxygens (including phenoxy) is 3. The van der Waals surface area contributed by atoms with E-state index in [1.165, 1.54) is 7.05 Å². The summed E-state index contributed by atoms with van der Waals surface area (Å²) in [6, 6.07) is 0. The molecule has 0 aliphatic carbocycles. The van der Waals surface area contributed by atoms with Crippen molar-refractivity contribution in [2.75, 3.05) is 46.5 Å². The number of rotatable bonds is 18. The fourth-order valence-corrected chi connectivity index (χ4v) is 4.84. The lowest BCUT2D eigenvalue weighted by Gasteiger charge is -2.40. The van der Waals surface area contributed by atoms with Gasteiger partial charge in [0.25, 0.3) is 5.91 Å². The number of carbonyl (C=O) groups excluding carboxylic acids is 3. The van der Waals surface area contributed by atoms with E-state index in [9.17, 15) is 39.9 Å².